The molecule has 5 rings (SSSR count). The fraction of sp³-hybridized carbons (Fsp3) is 0.500. The maximum Gasteiger partial charge on any atom is 0.325 e. The van der Waals surface area contributed by atoms with E-state index in [1.807, 2.05) is 38.1 Å². The first-order valence-electron chi connectivity index (χ1n) is 12.0. The number of hydrogen-bond donors (Lipinski definition) is 1. The summed E-state index contributed by atoms with van der Waals surface area (Å²) in [6, 6.07) is 6.92. The molecule has 34 heavy (non-hydrogen) atoms. The number of carbonyl (C=O) groups excluding carboxylic acids is 3. The van der Waals surface area contributed by atoms with Crippen LogP contribution in [0.4, 0.5) is 4.79 Å². The van der Waals surface area contributed by atoms with E-state index in [0.29, 0.717) is 18.5 Å². The summed E-state index contributed by atoms with van der Waals surface area (Å²) in [5.74, 6) is 0.126. The number of urea groups is 1. The highest BCUT2D eigenvalue weighted by Gasteiger charge is 2.54. The maximum atomic E-state index is 13.6. The Morgan fingerprint density at radius 2 is 2.06 bits per heavy atom. The van der Waals surface area contributed by atoms with E-state index in [1.54, 1.807) is 7.11 Å². The molecule has 3 aliphatic rings. The molecule has 2 atom stereocenters. The third-order valence-electron chi connectivity index (χ3n) is 7.53. The lowest BCUT2D eigenvalue weighted by atomic mass is 9.76. The van der Waals surface area contributed by atoms with Crippen molar-refractivity contribution in [3.8, 4) is 5.75 Å². The molecular formula is C26H31N3O5. The molecular weight excluding hydrogens is 434 g/mol. The first-order chi connectivity index (χ1) is 16.3. The van der Waals surface area contributed by atoms with Gasteiger partial charge in [0.15, 0.2) is 5.78 Å². The summed E-state index contributed by atoms with van der Waals surface area (Å²) in [5.41, 5.74) is 3.03. The molecule has 3 heterocycles. The number of benzene rings is 1. The lowest BCUT2D eigenvalue weighted by Crippen LogP contribution is -2.46. The van der Waals surface area contributed by atoms with Crippen LogP contribution in [0.1, 0.15) is 58.6 Å². The van der Waals surface area contributed by atoms with Crippen LogP contribution >= 0.6 is 0 Å². The summed E-state index contributed by atoms with van der Waals surface area (Å²) in [6.07, 6.45) is 4.31. The lowest BCUT2D eigenvalue weighted by molar-refractivity contribution is -0.131. The first-order valence-corrected chi connectivity index (χ1v) is 12.0. The average Bonchev–Trinajstić information content (AvgIpc) is 3.50. The topological polar surface area (TPSA) is 89.9 Å². The van der Waals surface area contributed by atoms with Gasteiger partial charge in [0.25, 0.3) is 5.91 Å². The molecule has 2 aromatic rings. The van der Waals surface area contributed by atoms with Crippen LogP contribution in [0.25, 0.3) is 0 Å². The molecule has 8 nitrogen and oxygen atoms in total. The normalized spacial score (nSPS) is 24.0. The smallest absolute Gasteiger partial charge is 0.325 e. The Hall–Kier alpha value is -3.13. The van der Waals surface area contributed by atoms with Crippen molar-refractivity contribution in [1.82, 2.24) is 14.8 Å². The van der Waals surface area contributed by atoms with Gasteiger partial charge in [-0.05, 0) is 75.3 Å². The molecule has 0 bridgehead atoms. The molecule has 1 N–H and O–H groups in total. The molecule has 8 heteroatoms. The predicted molar refractivity (Wildman–Crippen MR) is 125 cm³/mol. The van der Waals surface area contributed by atoms with Gasteiger partial charge in [0, 0.05) is 30.1 Å². The summed E-state index contributed by atoms with van der Waals surface area (Å²) < 4.78 is 13.2. The lowest BCUT2D eigenvalue weighted by Gasteiger charge is -2.33. The Morgan fingerprint density at radius 3 is 2.79 bits per heavy atom. The van der Waals surface area contributed by atoms with E-state index >= 15 is 0 Å². The highest BCUT2D eigenvalue weighted by Crippen LogP contribution is 2.41. The highest BCUT2D eigenvalue weighted by atomic mass is 16.5. The molecule has 2 aliphatic heterocycles. The van der Waals surface area contributed by atoms with Crippen LogP contribution < -0.4 is 10.1 Å². The number of ether oxygens (including phenoxy) is 2. The van der Waals surface area contributed by atoms with Crippen molar-refractivity contribution in [1.29, 1.82) is 0 Å². The van der Waals surface area contributed by atoms with Crippen LogP contribution in [0.5, 0.6) is 5.75 Å². The third-order valence-corrected chi connectivity index (χ3v) is 7.53. The quantitative estimate of drug-likeness (QED) is 0.523. The summed E-state index contributed by atoms with van der Waals surface area (Å²) in [4.78, 5) is 40.9. The number of amides is 3. The minimum absolute atomic E-state index is 0.156. The zero-order valence-corrected chi connectivity index (χ0v) is 20.0. The molecule has 2 saturated heterocycles. The SMILES string of the molecule is COc1ccc2c(c1)CCCC21NC(=O)N(CC(=O)c2cc(C)n(CC3CCCO3)c2C)C1=O. The minimum Gasteiger partial charge on any atom is -0.497 e. The Bertz CT molecular complexity index is 1160. The van der Waals surface area contributed by atoms with Crippen LogP contribution in [-0.2, 0) is 28.0 Å². The van der Waals surface area contributed by atoms with Crippen molar-refractivity contribution < 1.29 is 23.9 Å². The molecule has 1 aliphatic carbocycles. The Kier molecular flexibility index (Phi) is 5.72. The van der Waals surface area contributed by atoms with Crippen molar-refractivity contribution >= 4 is 17.7 Å². The van der Waals surface area contributed by atoms with Gasteiger partial charge >= 0.3 is 6.03 Å². The standard InChI is InChI=1S/C26H31N3O5/c1-16-12-21(17(2)28(16)14-20-7-5-11-34-20)23(30)15-29-24(31)26(27-25(29)32)10-4-6-18-13-19(33-3)8-9-22(18)26/h8-9,12-13,20H,4-7,10-11,14-15H2,1-3H3,(H,27,32). The number of nitrogens with zero attached hydrogens (tertiary/aromatic N) is 2. The van der Waals surface area contributed by atoms with E-state index in [1.165, 1.54) is 0 Å². The van der Waals surface area contributed by atoms with Crippen molar-refractivity contribution in [2.45, 2.75) is 64.1 Å². The van der Waals surface area contributed by atoms with E-state index in [-0.39, 0.29) is 24.3 Å². The number of nitrogens with one attached hydrogen (secondary N) is 1. The molecule has 180 valence electrons. The predicted octanol–water partition coefficient (Wildman–Crippen LogP) is 3.26. The molecule has 1 aromatic heterocycles. The summed E-state index contributed by atoms with van der Waals surface area (Å²) in [7, 11) is 1.61. The van der Waals surface area contributed by atoms with Crippen molar-refractivity contribution in [2.75, 3.05) is 20.3 Å². The van der Waals surface area contributed by atoms with Gasteiger partial charge in [-0.3, -0.25) is 14.5 Å². The maximum absolute atomic E-state index is 13.6. The fourth-order valence-corrected chi connectivity index (χ4v) is 5.71. The van der Waals surface area contributed by atoms with Gasteiger partial charge in [-0.1, -0.05) is 6.07 Å². The van der Waals surface area contributed by atoms with Gasteiger partial charge < -0.3 is 19.4 Å². The molecule has 3 amide bonds. The van der Waals surface area contributed by atoms with Crippen LogP contribution in [0.15, 0.2) is 24.3 Å². The van der Waals surface area contributed by atoms with E-state index in [2.05, 4.69) is 9.88 Å². The van der Waals surface area contributed by atoms with E-state index in [0.717, 1.165) is 65.5 Å². The van der Waals surface area contributed by atoms with E-state index < -0.39 is 11.6 Å². The number of imide groups is 1. The summed E-state index contributed by atoms with van der Waals surface area (Å²) in [5, 5.41) is 2.92. The first kappa shape index (κ1) is 22.7. The number of fused-ring (bicyclic) bond motifs is 2. The molecule has 0 radical (unpaired) electrons. The number of ketones is 1. The third kappa shape index (κ3) is 3.60. The summed E-state index contributed by atoms with van der Waals surface area (Å²) >= 11 is 0. The van der Waals surface area contributed by atoms with Crippen LogP contribution in [-0.4, -0.2) is 53.6 Å². The molecule has 1 aromatic carbocycles. The number of hydrogen-bond acceptors (Lipinski definition) is 5. The number of rotatable bonds is 6. The van der Waals surface area contributed by atoms with Crippen molar-refractivity contribution in [2.24, 2.45) is 0 Å². The average molecular weight is 466 g/mol. The summed E-state index contributed by atoms with van der Waals surface area (Å²) in [6.45, 7) is 5.08. The molecule has 2 fully saturated rings. The highest BCUT2D eigenvalue weighted by molar-refractivity contribution is 6.12. The fourth-order valence-electron chi connectivity index (χ4n) is 5.71. The number of methoxy groups -OCH3 is 1. The van der Waals surface area contributed by atoms with Gasteiger partial charge in [0.2, 0.25) is 0 Å². The largest absolute Gasteiger partial charge is 0.497 e. The van der Waals surface area contributed by atoms with Crippen LogP contribution in [0, 0.1) is 13.8 Å². The molecule has 0 saturated carbocycles. The number of aromatic nitrogens is 1. The van der Waals surface area contributed by atoms with Gasteiger partial charge in [-0.25, -0.2) is 4.79 Å². The zero-order chi connectivity index (χ0) is 24.0. The Balaban J connectivity index is 1.38. The Morgan fingerprint density at radius 1 is 1.24 bits per heavy atom. The monoisotopic (exact) mass is 465 g/mol. The van der Waals surface area contributed by atoms with Crippen LogP contribution in [0.2, 0.25) is 0 Å². The van der Waals surface area contributed by atoms with E-state index in [9.17, 15) is 14.4 Å². The zero-order valence-electron chi connectivity index (χ0n) is 20.0. The van der Waals surface area contributed by atoms with Crippen LogP contribution in [0.3, 0.4) is 0 Å². The minimum atomic E-state index is -1.12. The number of aryl methyl sites for hydroxylation is 2. The number of Topliss-reactive ketones (excluding diaryl/α,β-unsaturated/α-hetero) is 1. The van der Waals surface area contributed by atoms with Crippen molar-refractivity contribution in [3.63, 3.8) is 0 Å². The van der Waals surface area contributed by atoms with Gasteiger partial charge in [0.05, 0.1) is 19.8 Å². The van der Waals surface area contributed by atoms with Gasteiger partial charge in [-0.15, -0.1) is 0 Å². The van der Waals surface area contributed by atoms with Gasteiger partial charge in [0.1, 0.15) is 11.3 Å². The molecule has 1 spiro atoms. The molecule has 2 unspecified atom stereocenters. The second-order valence-corrected chi connectivity index (χ2v) is 9.56. The number of carbonyl (C=O) groups is 3. The van der Waals surface area contributed by atoms with Crippen molar-refractivity contribution in [3.05, 3.63) is 52.3 Å². The van der Waals surface area contributed by atoms with Gasteiger partial charge in [-0.2, -0.15) is 0 Å². The second-order valence-electron chi connectivity index (χ2n) is 9.56. The van der Waals surface area contributed by atoms with E-state index in [4.69, 9.17) is 9.47 Å². The second kappa shape index (κ2) is 8.58. The Labute approximate surface area is 199 Å².